The van der Waals surface area contributed by atoms with Gasteiger partial charge in [-0.2, -0.15) is 0 Å². The smallest absolute Gasteiger partial charge is 0.310 e. The average molecular weight is 384 g/mol. The Morgan fingerprint density at radius 2 is 1.85 bits per heavy atom. The van der Waals surface area contributed by atoms with Crippen LogP contribution in [0.25, 0.3) is 6.08 Å². The Hall–Kier alpha value is -3.38. The van der Waals surface area contributed by atoms with Crippen LogP contribution >= 0.6 is 11.6 Å². The zero-order valence-corrected chi connectivity index (χ0v) is 14.8. The number of nitrogens with zero attached hydrogens (tertiary/aromatic N) is 1. The molecule has 0 saturated carbocycles. The number of carbonyl (C=O) groups is 1. The Morgan fingerprint density at radius 1 is 1.11 bits per heavy atom. The molecule has 0 fully saturated rings. The van der Waals surface area contributed by atoms with Crippen molar-refractivity contribution in [3.05, 3.63) is 99.0 Å². The highest BCUT2D eigenvalue weighted by Gasteiger charge is 2.14. The molecule has 2 aromatic carbocycles. The van der Waals surface area contributed by atoms with E-state index >= 15 is 0 Å². The van der Waals surface area contributed by atoms with E-state index in [2.05, 4.69) is 0 Å². The van der Waals surface area contributed by atoms with E-state index in [1.165, 1.54) is 18.2 Å². The summed E-state index contributed by atoms with van der Waals surface area (Å²) >= 11 is 5.80. The Kier molecular flexibility index (Phi) is 5.68. The number of halogens is 1. The van der Waals surface area contributed by atoms with Crippen molar-refractivity contribution in [3.8, 4) is 5.75 Å². The summed E-state index contributed by atoms with van der Waals surface area (Å²) in [6.07, 6.45) is 2.94. The van der Waals surface area contributed by atoms with Gasteiger partial charge in [0.1, 0.15) is 18.1 Å². The number of para-hydroxylation sites is 2. The molecule has 0 saturated heterocycles. The van der Waals surface area contributed by atoms with Gasteiger partial charge in [-0.15, -0.1) is 0 Å². The molecule has 27 heavy (non-hydrogen) atoms. The van der Waals surface area contributed by atoms with Crippen molar-refractivity contribution < 1.29 is 18.9 Å². The van der Waals surface area contributed by atoms with E-state index < -0.39 is 4.92 Å². The molecule has 0 radical (unpaired) electrons. The van der Waals surface area contributed by atoms with Crippen LogP contribution in [0.3, 0.4) is 0 Å². The minimum atomic E-state index is -0.506. The third-order valence-corrected chi connectivity index (χ3v) is 3.89. The molecule has 1 heterocycles. The van der Waals surface area contributed by atoms with Crippen molar-refractivity contribution in [1.29, 1.82) is 0 Å². The van der Waals surface area contributed by atoms with Crippen molar-refractivity contribution in [2.45, 2.75) is 6.61 Å². The Labute approximate surface area is 159 Å². The van der Waals surface area contributed by atoms with Crippen LogP contribution < -0.4 is 4.74 Å². The number of benzene rings is 2. The van der Waals surface area contributed by atoms with Crippen molar-refractivity contribution >= 4 is 29.1 Å². The number of hydrogen-bond donors (Lipinski definition) is 0. The molecule has 3 aromatic rings. The van der Waals surface area contributed by atoms with Gasteiger partial charge in [0, 0.05) is 16.7 Å². The van der Waals surface area contributed by atoms with Gasteiger partial charge in [0.2, 0.25) is 0 Å². The largest absolute Gasteiger partial charge is 0.479 e. The van der Waals surface area contributed by atoms with Crippen molar-refractivity contribution in [1.82, 2.24) is 0 Å². The lowest BCUT2D eigenvalue weighted by Gasteiger charge is -2.04. The van der Waals surface area contributed by atoms with Crippen molar-refractivity contribution in [2.24, 2.45) is 0 Å². The van der Waals surface area contributed by atoms with Crippen LogP contribution in [-0.4, -0.2) is 10.7 Å². The van der Waals surface area contributed by atoms with Crippen LogP contribution in [0.1, 0.15) is 21.9 Å². The molecule has 0 atom stereocenters. The highest BCUT2D eigenvalue weighted by Crippen LogP contribution is 2.27. The molecular weight excluding hydrogens is 370 g/mol. The molecule has 0 aliphatic rings. The number of hydrogen-bond acceptors (Lipinski definition) is 5. The molecule has 0 bridgehead atoms. The van der Waals surface area contributed by atoms with E-state index in [1.807, 2.05) is 0 Å². The number of rotatable bonds is 7. The van der Waals surface area contributed by atoms with Gasteiger partial charge >= 0.3 is 5.69 Å². The Balaban J connectivity index is 1.62. The normalized spacial score (nSPS) is 10.9. The molecule has 1 aromatic heterocycles. The fourth-order valence-corrected chi connectivity index (χ4v) is 2.43. The van der Waals surface area contributed by atoms with Crippen LogP contribution in [0.2, 0.25) is 5.02 Å². The van der Waals surface area contributed by atoms with Gasteiger partial charge in [-0.25, -0.2) is 0 Å². The number of ether oxygens (including phenoxy) is 1. The summed E-state index contributed by atoms with van der Waals surface area (Å²) in [5.74, 6) is 0.930. The number of nitro benzene ring substituents is 1. The highest BCUT2D eigenvalue weighted by atomic mass is 35.5. The molecule has 0 aliphatic heterocycles. The molecule has 0 amide bonds. The van der Waals surface area contributed by atoms with Gasteiger partial charge in [0.05, 0.1) is 4.92 Å². The minimum absolute atomic E-state index is 0.0316. The summed E-state index contributed by atoms with van der Waals surface area (Å²) in [5, 5.41) is 11.5. The standard InChI is InChI=1S/C20H14ClNO5/c21-15-7-5-14(6-8-15)19(23)12-11-16-9-10-17(27-16)13-26-20-4-2-1-3-18(20)22(24)25/h1-12H,13H2/b12-11+. The van der Waals surface area contributed by atoms with Gasteiger partial charge in [-0.3, -0.25) is 14.9 Å². The fourth-order valence-electron chi connectivity index (χ4n) is 2.31. The number of nitro groups is 1. The summed E-state index contributed by atoms with van der Waals surface area (Å²) < 4.78 is 11.0. The van der Waals surface area contributed by atoms with Crippen LogP contribution in [0.4, 0.5) is 5.69 Å². The first kappa shape index (κ1) is 18.4. The first-order chi connectivity index (χ1) is 13.0. The maximum absolute atomic E-state index is 12.1. The second-order valence-corrected chi connectivity index (χ2v) is 5.96. The van der Waals surface area contributed by atoms with Crippen LogP contribution in [0, 0.1) is 10.1 Å². The number of furan rings is 1. The fraction of sp³-hybridized carbons (Fsp3) is 0.0500. The van der Waals surface area contributed by atoms with E-state index in [9.17, 15) is 14.9 Å². The lowest BCUT2D eigenvalue weighted by atomic mass is 10.1. The minimum Gasteiger partial charge on any atom is -0.479 e. The summed E-state index contributed by atoms with van der Waals surface area (Å²) in [6, 6.07) is 16.1. The van der Waals surface area contributed by atoms with Crippen LogP contribution in [0.5, 0.6) is 5.75 Å². The van der Waals surface area contributed by atoms with Gasteiger partial charge in [0.25, 0.3) is 0 Å². The maximum atomic E-state index is 12.1. The predicted molar refractivity (Wildman–Crippen MR) is 101 cm³/mol. The zero-order valence-electron chi connectivity index (χ0n) is 14.0. The summed E-state index contributed by atoms with van der Waals surface area (Å²) in [4.78, 5) is 22.6. The molecule has 7 heteroatoms. The van der Waals surface area contributed by atoms with E-state index in [4.69, 9.17) is 20.8 Å². The van der Waals surface area contributed by atoms with E-state index in [1.54, 1.807) is 54.6 Å². The Morgan fingerprint density at radius 3 is 2.59 bits per heavy atom. The lowest BCUT2D eigenvalue weighted by molar-refractivity contribution is -0.386. The molecule has 0 unspecified atom stereocenters. The van der Waals surface area contributed by atoms with Crippen LogP contribution in [-0.2, 0) is 6.61 Å². The molecule has 0 spiro atoms. The molecule has 136 valence electrons. The SMILES string of the molecule is O=C(/C=C/c1ccc(COc2ccccc2[N+](=O)[O-])o1)c1ccc(Cl)cc1. The summed E-state index contributed by atoms with van der Waals surface area (Å²) in [7, 11) is 0. The molecular formula is C20H14ClNO5. The van der Waals surface area contributed by atoms with Gasteiger partial charge in [-0.1, -0.05) is 23.7 Å². The molecule has 0 N–H and O–H groups in total. The van der Waals surface area contributed by atoms with Gasteiger partial charge < -0.3 is 9.15 Å². The van der Waals surface area contributed by atoms with Gasteiger partial charge in [0.15, 0.2) is 11.5 Å². The number of ketones is 1. The molecule has 6 nitrogen and oxygen atoms in total. The summed E-state index contributed by atoms with van der Waals surface area (Å²) in [5.41, 5.74) is 0.403. The molecule has 0 aliphatic carbocycles. The predicted octanol–water partition coefficient (Wildman–Crippen LogP) is 5.32. The Bertz CT molecular complexity index is 992. The number of carbonyl (C=O) groups excluding carboxylic acids is 1. The quantitative estimate of drug-likeness (QED) is 0.239. The monoisotopic (exact) mass is 383 g/mol. The highest BCUT2D eigenvalue weighted by molar-refractivity contribution is 6.30. The zero-order chi connectivity index (χ0) is 19.2. The first-order valence-corrected chi connectivity index (χ1v) is 8.33. The second-order valence-electron chi connectivity index (χ2n) is 5.52. The maximum Gasteiger partial charge on any atom is 0.310 e. The average Bonchev–Trinajstić information content (AvgIpc) is 3.13. The summed E-state index contributed by atoms with van der Waals surface area (Å²) in [6.45, 7) is 0.0316. The van der Waals surface area contributed by atoms with Crippen LogP contribution in [0.15, 0.2) is 71.2 Å². The topological polar surface area (TPSA) is 82.6 Å². The lowest BCUT2D eigenvalue weighted by Crippen LogP contribution is -1.97. The number of allylic oxidation sites excluding steroid dienone is 1. The third kappa shape index (κ3) is 4.83. The second kappa shape index (κ2) is 8.33. The van der Waals surface area contributed by atoms with E-state index in [-0.39, 0.29) is 23.8 Å². The first-order valence-electron chi connectivity index (χ1n) is 7.96. The van der Waals surface area contributed by atoms with E-state index in [0.717, 1.165) is 0 Å². The van der Waals surface area contributed by atoms with Crippen molar-refractivity contribution in [3.63, 3.8) is 0 Å². The van der Waals surface area contributed by atoms with Crippen molar-refractivity contribution in [2.75, 3.05) is 0 Å². The van der Waals surface area contributed by atoms with Gasteiger partial charge in [-0.05, 0) is 54.6 Å². The van der Waals surface area contributed by atoms with E-state index in [0.29, 0.717) is 22.1 Å². The third-order valence-electron chi connectivity index (χ3n) is 3.64. The molecule has 3 rings (SSSR count).